The Kier molecular flexibility index (Phi) is 2.00. The molecule has 74 valence electrons. The molecule has 1 N–H and O–H groups in total. The quantitative estimate of drug-likeness (QED) is 0.771. The highest BCUT2D eigenvalue weighted by molar-refractivity contribution is 5.38. The van der Waals surface area contributed by atoms with Crippen molar-refractivity contribution in [3.05, 3.63) is 30.2 Å². The van der Waals surface area contributed by atoms with Gasteiger partial charge in [-0.1, -0.05) is 0 Å². The van der Waals surface area contributed by atoms with Gasteiger partial charge in [0.1, 0.15) is 0 Å². The third-order valence-corrected chi connectivity index (χ3v) is 1.90. The molecule has 0 aliphatic heterocycles. The van der Waals surface area contributed by atoms with E-state index in [9.17, 15) is 5.11 Å². The fraction of sp³-hybridized carbons (Fsp3) is 0.400. The lowest BCUT2D eigenvalue weighted by atomic mass is 10.0. The van der Waals surface area contributed by atoms with Crippen molar-refractivity contribution in [3.8, 4) is 0 Å². The standard InChI is InChI=1S/C10H13N3O/c1-10(2,14)7-8-6-9-11-4-3-5-13(9)12-8/h3-6,14H,7H2,1-2H3. The zero-order valence-corrected chi connectivity index (χ0v) is 8.31. The molecule has 14 heavy (non-hydrogen) atoms. The van der Waals surface area contributed by atoms with E-state index >= 15 is 0 Å². The fourth-order valence-corrected chi connectivity index (χ4v) is 1.41. The minimum Gasteiger partial charge on any atom is -0.390 e. The predicted molar refractivity (Wildman–Crippen MR) is 53.0 cm³/mol. The first-order valence-corrected chi connectivity index (χ1v) is 4.56. The van der Waals surface area contributed by atoms with Crippen molar-refractivity contribution in [2.75, 3.05) is 0 Å². The molecule has 0 saturated carbocycles. The van der Waals surface area contributed by atoms with Crippen LogP contribution in [0.1, 0.15) is 19.5 Å². The average Bonchev–Trinajstić information content (AvgIpc) is 2.42. The summed E-state index contributed by atoms with van der Waals surface area (Å²) in [7, 11) is 0. The largest absolute Gasteiger partial charge is 0.390 e. The van der Waals surface area contributed by atoms with E-state index in [1.165, 1.54) is 0 Å². The number of aliphatic hydroxyl groups is 1. The van der Waals surface area contributed by atoms with Crippen LogP contribution < -0.4 is 0 Å². The first-order chi connectivity index (χ1) is 6.54. The second-order valence-corrected chi connectivity index (χ2v) is 4.05. The maximum atomic E-state index is 9.63. The van der Waals surface area contributed by atoms with E-state index < -0.39 is 5.60 Å². The molecular formula is C10H13N3O. The van der Waals surface area contributed by atoms with Crippen LogP contribution in [0.15, 0.2) is 24.5 Å². The summed E-state index contributed by atoms with van der Waals surface area (Å²) < 4.78 is 1.71. The minimum atomic E-state index is -0.724. The van der Waals surface area contributed by atoms with Crippen LogP contribution in [-0.4, -0.2) is 25.3 Å². The van der Waals surface area contributed by atoms with Crippen LogP contribution in [0.5, 0.6) is 0 Å². The van der Waals surface area contributed by atoms with Gasteiger partial charge in [0.25, 0.3) is 0 Å². The van der Waals surface area contributed by atoms with Crippen LogP contribution in [0.4, 0.5) is 0 Å². The molecule has 0 unspecified atom stereocenters. The first kappa shape index (κ1) is 9.15. The molecule has 2 rings (SSSR count). The van der Waals surface area contributed by atoms with E-state index in [1.807, 2.05) is 18.3 Å². The molecule has 0 fully saturated rings. The molecule has 4 heteroatoms. The van der Waals surface area contributed by atoms with Crippen LogP contribution in [0.2, 0.25) is 0 Å². The van der Waals surface area contributed by atoms with Gasteiger partial charge in [-0.25, -0.2) is 9.50 Å². The van der Waals surface area contributed by atoms with Gasteiger partial charge in [-0.05, 0) is 19.9 Å². The van der Waals surface area contributed by atoms with Gasteiger partial charge in [-0.3, -0.25) is 0 Å². The number of hydrogen-bond acceptors (Lipinski definition) is 3. The smallest absolute Gasteiger partial charge is 0.155 e. The average molecular weight is 191 g/mol. The lowest BCUT2D eigenvalue weighted by Crippen LogP contribution is -2.22. The summed E-state index contributed by atoms with van der Waals surface area (Å²) in [4.78, 5) is 4.15. The van der Waals surface area contributed by atoms with Gasteiger partial charge >= 0.3 is 0 Å². The maximum absolute atomic E-state index is 9.63. The fourth-order valence-electron chi connectivity index (χ4n) is 1.41. The first-order valence-electron chi connectivity index (χ1n) is 4.56. The van der Waals surface area contributed by atoms with Gasteiger partial charge < -0.3 is 5.11 Å². The van der Waals surface area contributed by atoms with Gasteiger partial charge in [-0.15, -0.1) is 0 Å². The summed E-state index contributed by atoms with van der Waals surface area (Å²) in [5.74, 6) is 0. The highest BCUT2D eigenvalue weighted by Crippen LogP contribution is 2.11. The zero-order valence-electron chi connectivity index (χ0n) is 8.31. The lowest BCUT2D eigenvalue weighted by Gasteiger charge is -2.14. The molecule has 0 radical (unpaired) electrons. The van der Waals surface area contributed by atoms with Gasteiger partial charge in [0.15, 0.2) is 5.65 Å². The number of aromatic nitrogens is 3. The van der Waals surface area contributed by atoms with Crippen molar-refractivity contribution in [2.24, 2.45) is 0 Å². The SMILES string of the molecule is CC(C)(O)Cc1cc2ncccn2n1. The zero-order chi connectivity index (χ0) is 10.2. The molecule has 0 aliphatic carbocycles. The Morgan fingerprint density at radius 3 is 2.93 bits per heavy atom. The van der Waals surface area contributed by atoms with Crippen molar-refractivity contribution >= 4 is 5.65 Å². The monoisotopic (exact) mass is 191 g/mol. The van der Waals surface area contributed by atoms with Gasteiger partial charge in [0.05, 0.1) is 11.3 Å². The summed E-state index contributed by atoms with van der Waals surface area (Å²) >= 11 is 0. The van der Waals surface area contributed by atoms with Crippen molar-refractivity contribution < 1.29 is 5.11 Å². The van der Waals surface area contributed by atoms with E-state index in [-0.39, 0.29) is 0 Å². The third-order valence-electron chi connectivity index (χ3n) is 1.90. The lowest BCUT2D eigenvalue weighted by molar-refractivity contribution is 0.0799. The van der Waals surface area contributed by atoms with E-state index in [2.05, 4.69) is 10.1 Å². The summed E-state index contributed by atoms with van der Waals surface area (Å²) in [6, 6.07) is 3.71. The molecule has 4 nitrogen and oxygen atoms in total. The van der Waals surface area contributed by atoms with Crippen LogP contribution in [0.3, 0.4) is 0 Å². The number of nitrogens with zero attached hydrogens (tertiary/aromatic N) is 3. The summed E-state index contributed by atoms with van der Waals surface area (Å²) in [5, 5.41) is 13.9. The van der Waals surface area contributed by atoms with Crippen LogP contribution in [-0.2, 0) is 6.42 Å². The molecular weight excluding hydrogens is 178 g/mol. The van der Waals surface area contributed by atoms with Gasteiger partial charge in [-0.2, -0.15) is 5.10 Å². The van der Waals surface area contributed by atoms with Crippen molar-refractivity contribution in [3.63, 3.8) is 0 Å². The Hall–Kier alpha value is -1.42. The Balaban J connectivity index is 2.36. The van der Waals surface area contributed by atoms with E-state index in [4.69, 9.17) is 0 Å². The number of fused-ring (bicyclic) bond motifs is 1. The molecule has 0 bridgehead atoms. The van der Waals surface area contributed by atoms with Crippen molar-refractivity contribution in [1.82, 2.24) is 14.6 Å². The second kappa shape index (κ2) is 3.06. The molecule has 0 spiro atoms. The number of hydrogen-bond donors (Lipinski definition) is 1. The molecule has 2 heterocycles. The molecule has 0 amide bonds. The van der Waals surface area contributed by atoms with Crippen LogP contribution >= 0.6 is 0 Å². The minimum absolute atomic E-state index is 0.538. The van der Waals surface area contributed by atoms with E-state index in [1.54, 1.807) is 24.6 Å². The Morgan fingerprint density at radius 1 is 1.50 bits per heavy atom. The Morgan fingerprint density at radius 2 is 2.29 bits per heavy atom. The second-order valence-electron chi connectivity index (χ2n) is 4.05. The molecule has 0 atom stereocenters. The maximum Gasteiger partial charge on any atom is 0.155 e. The summed E-state index contributed by atoms with van der Waals surface area (Å²) in [6.45, 7) is 3.54. The van der Waals surface area contributed by atoms with E-state index in [0.29, 0.717) is 6.42 Å². The normalized spacial score (nSPS) is 12.2. The molecule has 2 aromatic rings. The van der Waals surface area contributed by atoms with Crippen LogP contribution in [0, 0.1) is 0 Å². The van der Waals surface area contributed by atoms with Crippen LogP contribution in [0.25, 0.3) is 5.65 Å². The Labute approximate surface area is 82.2 Å². The summed E-state index contributed by atoms with van der Waals surface area (Å²) in [6.07, 6.45) is 4.11. The number of rotatable bonds is 2. The van der Waals surface area contributed by atoms with E-state index in [0.717, 1.165) is 11.3 Å². The van der Waals surface area contributed by atoms with Crippen molar-refractivity contribution in [1.29, 1.82) is 0 Å². The third kappa shape index (κ3) is 1.90. The predicted octanol–water partition coefficient (Wildman–Crippen LogP) is 1.04. The highest BCUT2D eigenvalue weighted by atomic mass is 16.3. The Bertz CT molecular complexity index is 409. The highest BCUT2D eigenvalue weighted by Gasteiger charge is 2.15. The molecule has 2 aromatic heterocycles. The topological polar surface area (TPSA) is 50.4 Å². The van der Waals surface area contributed by atoms with Gasteiger partial charge in [0.2, 0.25) is 0 Å². The van der Waals surface area contributed by atoms with Gasteiger partial charge in [0, 0.05) is 24.9 Å². The molecule has 0 aromatic carbocycles. The molecule has 0 saturated heterocycles. The summed E-state index contributed by atoms with van der Waals surface area (Å²) in [5.41, 5.74) is 0.945. The van der Waals surface area contributed by atoms with Crippen molar-refractivity contribution in [2.45, 2.75) is 25.9 Å². The molecule has 0 aliphatic rings.